The average molecular weight is 347 g/mol. The van der Waals surface area contributed by atoms with Crippen LogP contribution >= 0.6 is 11.3 Å². The van der Waals surface area contributed by atoms with Crippen molar-refractivity contribution in [2.24, 2.45) is 0 Å². The van der Waals surface area contributed by atoms with Crippen molar-refractivity contribution >= 4 is 33.3 Å². The van der Waals surface area contributed by atoms with Gasteiger partial charge in [-0.3, -0.25) is 4.79 Å². The Balaban J connectivity index is 1.96. The highest BCUT2D eigenvalue weighted by Crippen LogP contribution is 2.35. The molecular formula is C17H25N5OS. The Bertz CT molecular complexity index is 736. The molecule has 1 fully saturated rings. The van der Waals surface area contributed by atoms with Gasteiger partial charge in [-0.05, 0) is 32.9 Å². The third-order valence-corrected chi connectivity index (χ3v) is 5.90. The number of thiophene rings is 1. The van der Waals surface area contributed by atoms with Gasteiger partial charge in [0, 0.05) is 32.2 Å². The lowest BCUT2D eigenvalue weighted by atomic mass is 10.1. The number of hydrogen-bond donors (Lipinski definition) is 1. The van der Waals surface area contributed by atoms with Crippen LogP contribution in [0.3, 0.4) is 0 Å². The number of fused-ring (bicyclic) bond motifs is 1. The van der Waals surface area contributed by atoms with Gasteiger partial charge in [0.1, 0.15) is 17.0 Å². The van der Waals surface area contributed by atoms with E-state index in [-0.39, 0.29) is 11.9 Å². The molecule has 1 amide bonds. The summed E-state index contributed by atoms with van der Waals surface area (Å²) in [7, 11) is 2.14. The Morgan fingerprint density at radius 2 is 2.04 bits per heavy atom. The monoisotopic (exact) mass is 347 g/mol. The quantitative estimate of drug-likeness (QED) is 0.919. The third-order valence-electron chi connectivity index (χ3n) is 4.71. The van der Waals surface area contributed by atoms with E-state index >= 15 is 0 Å². The molecule has 2 aromatic rings. The second-order valence-electron chi connectivity index (χ2n) is 6.51. The number of likely N-dealkylation sites (N-methyl/N-ethyl adjacent to an activating group) is 1. The summed E-state index contributed by atoms with van der Waals surface area (Å²) in [5, 5.41) is 4.08. The SMILES string of the molecule is CCC(C)NC(=O)c1sc2ncnc(N3CCN(C)CC3)c2c1C. The molecule has 1 aliphatic rings. The number of amides is 1. The van der Waals surface area contributed by atoms with Crippen molar-refractivity contribution < 1.29 is 4.79 Å². The molecule has 0 aliphatic carbocycles. The Kier molecular flexibility index (Phi) is 5.01. The average Bonchev–Trinajstić information content (AvgIpc) is 2.93. The highest BCUT2D eigenvalue weighted by atomic mass is 32.1. The number of nitrogens with one attached hydrogen (secondary N) is 1. The number of carbonyl (C=O) groups excluding carboxylic acids is 1. The Morgan fingerprint density at radius 3 is 2.71 bits per heavy atom. The summed E-state index contributed by atoms with van der Waals surface area (Å²) in [6, 6.07) is 0.172. The molecule has 0 saturated carbocycles. The van der Waals surface area contributed by atoms with Crippen LogP contribution in [0.5, 0.6) is 0 Å². The molecule has 6 nitrogen and oxygen atoms in total. The van der Waals surface area contributed by atoms with Gasteiger partial charge in [-0.25, -0.2) is 9.97 Å². The number of nitrogens with zero attached hydrogens (tertiary/aromatic N) is 4. The minimum Gasteiger partial charge on any atom is -0.353 e. The van der Waals surface area contributed by atoms with Crippen molar-refractivity contribution in [1.82, 2.24) is 20.2 Å². The molecular weight excluding hydrogens is 322 g/mol. The molecule has 0 bridgehead atoms. The van der Waals surface area contributed by atoms with Crippen molar-refractivity contribution in [2.45, 2.75) is 33.2 Å². The van der Waals surface area contributed by atoms with Gasteiger partial charge < -0.3 is 15.1 Å². The summed E-state index contributed by atoms with van der Waals surface area (Å²) in [6.07, 6.45) is 2.53. The molecule has 1 aliphatic heterocycles. The number of rotatable bonds is 4. The Hall–Kier alpha value is -1.73. The van der Waals surface area contributed by atoms with E-state index in [0.717, 1.165) is 59.1 Å². The molecule has 24 heavy (non-hydrogen) atoms. The minimum atomic E-state index is -0.00539. The maximum absolute atomic E-state index is 12.6. The smallest absolute Gasteiger partial charge is 0.261 e. The summed E-state index contributed by atoms with van der Waals surface area (Å²) in [5.74, 6) is 0.957. The summed E-state index contributed by atoms with van der Waals surface area (Å²) >= 11 is 1.46. The largest absolute Gasteiger partial charge is 0.353 e. The van der Waals surface area contributed by atoms with Crippen molar-refractivity contribution in [3.63, 3.8) is 0 Å². The number of anilines is 1. The van der Waals surface area contributed by atoms with Crippen molar-refractivity contribution in [2.75, 3.05) is 38.1 Å². The van der Waals surface area contributed by atoms with Crippen LogP contribution in [-0.4, -0.2) is 60.0 Å². The van der Waals surface area contributed by atoms with E-state index < -0.39 is 0 Å². The zero-order valence-electron chi connectivity index (χ0n) is 14.8. The van der Waals surface area contributed by atoms with Gasteiger partial charge in [0.15, 0.2) is 0 Å². The minimum absolute atomic E-state index is 0.00539. The molecule has 130 valence electrons. The van der Waals surface area contributed by atoms with E-state index in [4.69, 9.17) is 0 Å². The van der Waals surface area contributed by atoms with Crippen LogP contribution in [0.4, 0.5) is 5.82 Å². The first-order valence-corrected chi connectivity index (χ1v) is 9.31. The maximum Gasteiger partial charge on any atom is 0.261 e. The molecule has 0 spiro atoms. The van der Waals surface area contributed by atoms with Crippen LogP contribution in [0.1, 0.15) is 35.5 Å². The molecule has 0 aromatic carbocycles. The van der Waals surface area contributed by atoms with Crippen LogP contribution in [0.25, 0.3) is 10.2 Å². The maximum atomic E-state index is 12.6. The Morgan fingerprint density at radius 1 is 1.33 bits per heavy atom. The van der Waals surface area contributed by atoms with Crippen molar-refractivity contribution in [1.29, 1.82) is 0 Å². The van der Waals surface area contributed by atoms with E-state index in [1.54, 1.807) is 6.33 Å². The first kappa shape index (κ1) is 17.1. The standard InChI is InChI=1S/C17H25N5OS/c1-5-11(2)20-16(23)14-12(3)13-15(18-10-19-17(13)24-14)22-8-6-21(4)7-9-22/h10-11H,5-9H2,1-4H3,(H,20,23). The lowest BCUT2D eigenvalue weighted by Gasteiger charge is -2.33. The predicted molar refractivity (Wildman–Crippen MR) is 99.1 cm³/mol. The Labute approximate surface area is 146 Å². The van der Waals surface area contributed by atoms with Crippen LogP contribution < -0.4 is 10.2 Å². The zero-order chi connectivity index (χ0) is 17.3. The molecule has 3 heterocycles. The van der Waals surface area contributed by atoms with Gasteiger partial charge in [-0.1, -0.05) is 6.92 Å². The van der Waals surface area contributed by atoms with Crippen LogP contribution in [0.15, 0.2) is 6.33 Å². The molecule has 2 aromatic heterocycles. The first-order valence-electron chi connectivity index (χ1n) is 8.49. The van der Waals surface area contributed by atoms with Crippen molar-refractivity contribution in [3.8, 4) is 0 Å². The molecule has 3 rings (SSSR count). The number of aromatic nitrogens is 2. The molecule has 1 saturated heterocycles. The fourth-order valence-electron chi connectivity index (χ4n) is 2.92. The molecule has 1 atom stereocenters. The number of piperazine rings is 1. The summed E-state index contributed by atoms with van der Waals surface area (Å²) in [6.45, 7) is 10.0. The van der Waals surface area contributed by atoms with E-state index in [1.165, 1.54) is 11.3 Å². The third kappa shape index (κ3) is 3.23. The highest BCUT2D eigenvalue weighted by Gasteiger charge is 2.24. The molecule has 7 heteroatoms. The normalized spacial score (nSPS) is 17.2. The van der Waals surface area contributed by atoms with Crippen LogP contribution in [0.2, 0.25) is 0 Å². The highest BCUT2D eigenvalue weighted by molar-refractivity contribution is 7.20. The fraction of sp³-hybridized carbons (Fsp3) is 0.588. The van der Waals surface area contributed by atoms with E-state index in [2.05, 4.69) is 39.1 Å². The topological polar surface area (TPSA) is 61.4 Å². The number of carbonyl (C=O) groups is 1. The second kappa shape index (κ2) is 7.03. The lowest BCUT2D eigenvalue weighted by Crippen LogP contribution is -2.44. The lowest BCUT2D eigenvalue weighted by molar-refractivity contribution is 0.0943. The predicted octanol–water partition coefficient (Wildman–Crippen LogP) is 2.28. The van der Waals surface area contributed by atoms with E-state index in [0.29, 0.717) is 0 Å². The fourth-order valence-corrected chi connectivity index (χ4v) is 3.97. The first-order chi connectivity index (χ1) is 11.5. The van der Waals surface area contributed by atoms with Crippen molar-refractivity contribution in [3.05, 3.63) is 16.8 Å². The van der Waals surface area contributed by atoms with Crippen LogP contribution in [-0.2, 0) is 0 Å². The van der Waals surface area contributed by atoms with Gasteiger partial charge in [0.05, 0.1) is 10.3 Å². The summed E-state index contributed by atoms with van der Waals surface area (Å²) in [5.41, 5.74) is 0.991. The van der Waals surface area contributed by atoms with E-state index in [9.17, 15) is 4.79 Å². The zero-order valence-corrected chi connectivity index (χ0v) is 15.6. The molecule has 1 N–H and O–H groups in total. The van der Waals surface area contributed by atoms with Gasteiger partial charge in [0.2, 0.25) is 0 Å². The molecule has 0 radical (unpaired) electrons. The van der Waals surface area contributed by atoms with Crippen LogP contribution in [0, 0.1) is 6.92 Å². The van der Waals surface area contributed by atoms with Gasteiger partial charge in [-0.2, -0.15) is 0 Å². The number of hydrogen-bond acceptors (Lipinski definition) is 6. The van der Waals surface area contributed by atoms with Gasteiger partial charge in [0.25, 0.3) is 5.91 Å². The summed E-state index contributed by atoms with van der Waals surface area (Å²) < 4.78 is 0. The second-order valence-corrected chi connectivity index (χ2v) is 7.51. The molecule has 1 unspecified atom stereocenters. The summed E-state index contributed by atoms with van der Waals surface area (Å²) in [4.78, 5) is 27.8. The van der Waals surface area contributed by atoms with E-state index in [1.807, 2.05) is 13.8 Å². The van der Waals surface area contributed by atoms with Gasteiger partial charge in [-0.15, -0.1) is 11.3 Å². The number of aryl methyl sites for hydroxylation is 1. The van der Waals surface area contributed by atoms with Gasteiger partial charge >= 0.3 is 0 Å².